The van der Waals surface area contributed by atoms with Crippen molar-refractivity contribution in [3.8, 4) is 11.1 Å². The second-order valence-corrected chi connectivity index (χ2v) is 10.7. The molecule has 1 heterocycles. The van der Waals surface area contributed by atoms with Gasteiger partial charge in [0.05, 0.1) is 5.92 Å². The number of benzene rings is 2. The first kappa shape index (κ1) is 24.8. The van der Waals surface area contributed by atoms with E-state index >= 15 is 0 Å². The average Bonchev–Trinajstić information content (AvgIpc) is 3.15. The fraction of sp³-hybridized carbons (Fsp3) is 0.464. The number of aliphatic carboxylic acids is 1. The van der Waals surface area contributed by atoms with E-state index in [0.29, 0.717) is 25.8 Å². The van der Waals surface area contributed by atoms with Crippen LogP contribution in [0, 0.1) is 11.3 Å². The Morgan fingerprint density at radius 1 is 1.06 bits per heavy atom. The lowest BCUT2D eigenvalue weighted by Crippen LogP contribution is -2.53. The van der Waals surface area contributed by atoms with Crippen molar-refractivity contribution in [3.63, 3.8) is 0 Å². The predicted molar refractivity (Wildman–Crippen MR) is 133 cm³/mol. The molecule has 2 aliphatic rings. The summed E-state index contributed by atoms with van der Waals surface area (Å²) in [6.07, 6.45) is 0.976. The summed E-state index contributed by atoms with van der Waals surface area (Å²) in [4.78, 5) is 39.2. The first-order chi connectivity index (χ1) is 16.6. The molecule has 2 amide bonds. The Bertz CT molecular complexity index is 1060. The summed E-state index contributed by atoms with van der Waals surface area (Å²) in [5.41, 5.74) is 4.32. The monoisotopic (exact) mass is 478 g/mol. The van der Waals surface area contributed by atoms with Crippen LogP contribution in [0.4, 0.5) is 4.79 Å². The van der Waals surface area contributed by atoms with Crippen molar-refractivity contribution in [1.29, 1.82) is 0 Å². The summed E-state index contributed by atoms with van der Waals surface area (Å²) in [5.74, 6) is -1.78. The molecule has 1 saturated heterocycles. The number of alkyl carbamates (subject to hydrolysis) is 1. The molecule has 2 aromatic rings. The van der Waals surface area contributed by atoms with Gasteiger partial charge in [-0.05, 0) is 46.9 Å². The average molecular weight is 479 g/mol. The van der Waals surface area contributed by atoms with E-state index in [9.17, 15) is 19.5 Å². The van der Waals surface area contributed by atoms with Crippen LogP contribution in [-0.2, 0) is 14.3 Å². The number of hydrogen-bond acceptors (Lipinski definition) is 4. The minimum Gasteiger partial charge on any atom is -0.481 e. The van der Waals surface area contributed by atoms with E-state index < -0.39 is 24.0 Å². The number of nitrogens with one attached hydrogen (secondary N) is 1. The quantitative estimate of drug-likeness (QED) is 0.630. The largest absolute Gasteiger partial charge is 0.481 e. The second kappa shape index (κ2) is 10.1. The maximum Gasteiger partial charge on any atom is 0.407 e. The third kappa shape index (κ3) is 5.66. The lowest BCUT2D eigenvalue weighted by Gasteiger charge is -2.35. The predicted octanol–water partition coefficient (Wildman–Crippen LogP) is 4.65. The maximum absolute atomic E-state index is 13.3. The molecule has 0 bridgehead atoms. The van der Waals surface area contributed by atoms with Gasteiger partial charge in [-0.3, -0.25) is 9.59 Å². The Hall–Kier alpha value is -3.35. The van der Waals surface area contributed by atoms with E-state index in [-0.39, 0.29) is 30.4 Å². The molecule has 2 aromatic carbocycles. The zero-order valence-electron chi connectivity index (χ0n) is 20.6. The Balaban J connectivity index is 1.44. The number of nitrogens with zero attached hydrogens (tertiary/aromatic N) is 1. The Labute approximate surface area is 206 Å². The number of fused-ring (bicyclic) bond motifs is 3. The van der Waals surface area contributed by atoms with Crippen LogP contribution in [0.3, 0.4) is 0 Å². The minimum absolute atomic E-state index is 0.0664. The maximum atomic E-state index is 13.3. The van der Waals surface area contributed by atoms with E-state index in [1.807, 2.05) is 45.0 Å². The van der Waals surface area contributed by atoms with Gasteiger partial charge in [0.2, 0.25) is 5.91 Å². The van der Waals surface area contributed by atoms with Gasteiger partial charge >= 0.3 is 12.1 Å². The molecule has 186 valence electrons. The van der Waals surface area contributed by atoms with E-state index in [1.165, 1.54) is 0 Å². The van der Waals surface area contributed by atoms with Gasteiger partial charge in [0.1, 0.15) is 12.6 Å². The topological polar surface area (TPSA) is 95.9 Å². The van der Waals surface area contributed by atoms with Crippen molar-refractivity contribution in [1.82, 2.24) is 10.2 Å². The molecule has 2 atom stereocenters. The molecular formula is C28H34N2O5. The van der Waals surface area contributed by atoms with Crippen molar-refractivity contribution in [2.75, 3.05) is 19.7 Å². The van der Waals surface area contributed by atoms with Gasteiger partial charge in [0, 0.05) is 19.0 Å². The van der Waals surface area contributed by atoms with Gasteiger partial charge in [-0.1, -0.05) is 69.3 Å². The molecule has 0 aromatic heterocycles. The van der Waals surface area contributed by atoms with Crippen molar-refractivity contribution in [2.24, 2.45) is 11.3 Å². The zero-order chi connectivity index (χ0) is 25.2. The summed E-state index contributed by atoms with van der Waals surface area (Å²) in [7, 11) is 0. The van der Waals surface area contributed by atoms with Crippen molar-refractivity contribution in [2.45, 2.75) is 52.0 Å². The summed E-state index contributed by atoms with van der Waals surface area (Å²) in [5, 5.41) is 12.2. The second-order valence-electron chi connectivity index (χ2n) is 10.7. The van der Waals surface area contributed by atoms with Crippen LogP contribution in [0.5, 0.6) is 0 Å². The molecule has 0 radical (unpaired) electrons. The van der Waals surface area contributed by atoms with Crippen LogP contribution >= 0.6 is 0 Å². The highest BCUT2D eigenvalue weighted by atomic mass is 16.5. The van der Waals surface area contributed by atoms with Gasteiger partial charge in [-0.25, -0.2) is 4.79 Å². The summed E-state index contributed by atoms with van der Waals surface area (Å²) in [6, 6.07) is 15.5. The normalized spacial score (nSPS) is 18.4. The van der Waals surface area contributed by atoms with Gasteiger partial charge in [0.15, 0.2) is 0 Å². The number of carbonyl (C=O) groups is 3. The van der Waals surface area contributed by atoms with Crippen molar-refractivity contribution in [3.05, 3.63) is 59.7 Å². The highest BCUT2D eigenvalue weighted by molar-refractivity contribution is 5.86. The van der Waals surface area contributed by atoms with Gasteiger partial charge < -0.3 is 20.1 Å². The number of carboxylic acids is 1. The molecule has 7 heteroatoms. The van der Waals surface area contributed by atoms with Crippen LogP contribution in [0.15, 0.2) is 48.5 Å². The molecule has 1 aliphatic heterocycles. The highest BCUT2D eigenvalue weighted by Crippen LogP contribution is 2.44. The molecule has 7 nitrogen and oxygen atoms in total. The fourth-order valence-electron chi connectivity index (χ4n) is 5.19. The number of carboxylic acid groups (broad SMARTS) is 1. The summed E-state index contributed by atoms with van der Waals surface area (Å²) < 4.78 is 5.67. The molecule has 2 N–H and O–H groups in total. The first-order valence-electron chi connectivity index (χ1n) is 12.3. The smallest absolute Gasteiger partial charge is 0.407 e. The van der Waals surface area contributed by atoms with Gasteiger partial charge in [-0.2, -0.15) is 0 Å². The third-order valence-corrected chi connectivity index (χ3v) is 6.83. The summed E-state index contributed by atoms with van der Waals surface area (Å²) in [6.45, 7) is 6.84. The van der Waals surface area contributed by atoms with Crippen molar-refractivity contribution >= 4 is 18.0 Å². The molecule has 1 unspecified atom stereocenters. The molecule has 0 spiro atoms. The molecule has 0 saturated carbocycles. The fourth-order valence-corrected chi connectivity index (χ4v) is 5.19. The number of likely N-dealkylation sites (tertiary alicyclic amines) is 1. The van der Waals surface area contributed by atoms with Crippen LogP contribution in [0.1, 0.15) is 57.1 Å². The van der Waals surface area contributed by atoms with Crippen LogP contribution in [0.2, 0.25) is 0 Å². The number of hydrogen-bond donors (Lipinski definition) is 2. The van der Waals surface area contributed by atoms with Gasteiger partial charge in [-0.15, -0.1) is 0 Å². The minimum atomic E-state index is -0.889. The number of rotatable bonds is 6. The Morgan fingerprint density at radius 3 is 2.23 bits per heavy atom. The third-order valence-electron chi connectivity index (χ3n) is 6.83. The number of piperidine rings is 1. The first-order valence-corrected chi connectivity index (χ1v) is 12.3. The van der Waals surface area contributed by atoms with E-state index in [4.69, 9.17) is 4.74 Å². The standard InChI is InChI=1S/C28H34N2O5/c1-28(2,3)15-24(25(31)30-14-8-9-18(16-30)26(32)33)29-27(34)35-17-23-21-12-6-4-10-19(21)20-11-5-7-13-22(20)23/h4-7,10-13,18,23-24H,8-9,14-17H2,1-3H3,(H,29,34)(H,32,33)/t18-,24?/m0/s1. The van der Waals surface area contributed by atoms with Crippen molar-refractivity contribution < 1.29 is 24.2 Å². The number of amides is 2. The van der Waals surface area contributed by atoms with Gasteiger partial charge in [0.25, 0.3) is 0 Å². The molecule has 4 rings (SSSR count). The lowest BCUT2D eigenvalue weighted by molar-refractivity contribution is -0.146. The zero-order valence-corrected chi connectivity index (χ0v) is 20.6. The molecular weight excluding hydrogens is 444 g/mol. The lowest BCUT2D eigenvalue weighted by atomic mass is 9.87. The molecule has 1 aliphatic carbocycles. The van der Waals surface area contributed by atoms with Crippen LogP contribution < -0.4 is 5.32 Å². The van der Waals surface area contributed by atoms with Crippen LogP contribution in [0.25, 0.3) is 11.1 Å². The van der Waals surface area contributed by atoms with E-state index in [1.54, 1.807) is 4.90 Å². The molecule has 35 heavy (non-hydrogen) atoms. The number of ether oxygens (including phenoxy) is 1. The summed E-state index contributed by atoms with van der Waals surface area (Å²) >= 11 is 0. The molecule has 1 fully saturated rings. The Kier molecular flexibility index (Phi) is 7.15. The van der Waals surface area contributed by atoms with Crippen LogP contribution in [-0.4, -0.2) is 53.7 Å². The highest BCUT2D eigenvalue weighted by Gasteiger charge is 2.35. The van der Waals surface area contributed by atoms with E-state index in [0.717, 1.165) is 22.3 Å². The number of carbonyl (C=O) groups excluding carboxylic acids is 2. The SMILES string of the molecule is CC(C)(C)CC(NC(=O)OCC1c2ccccc2-c2ccccc21)C(=O)N1CCC[C@H](C(=O)O)C1. The Morgan fingerprint density at radius 2 is 1.66 bits per heavy atom. The van der Waals surface area contributed by atoms with E-state index in [2.05, 4.69) is 29.6 Å².